The summed E-state index contributed by atoms with van der Waals surface area (Å²) in [4.78, 5) is 23.4. The van der Waals surface area contributed by atoms with Crippen molar-refractivity contribution >= 4 is 50.5 Å². The number of nitrogens with one attached hydrogen (secondary N) is 1. The van der Waals surface area contributed by atoms with Crippen LogP contribution in [0, 0.1) is 11.7 Å². The van der Waals surface area contributed by atoms with E-state index in [1.165, 1.54) is 33.8 Å². The second-order valence-electron chi connectivity index (χ2n) is 10.7. The van der Waals surface area contributed by atoms with Crippen LogP contribution in [0.1, 0.15) is 55.0 Å². The van der Waals surface area contributed by atoms with Gasteiger partial charge in [-0.3, -0.25) is 9.79 Å². The summed E-state index contributed by atoms with van der Waals surface area (Å²) in [6.07, 6.45) is 3.63. The number of carbonyl (C=O) groups excluding carboxylic acids is 1. The number of esters is 1. The van der Waals surface area contributed by atoms with Crippen molar-refractivity contribution in [3.63, 3.8) is 0 Å². The van der Waals surface area contributed by atoms with Crippen molar-refractivity contribution < 1.29 is 31.1 Å². The molecule has 45 heavy (non-hydrogen) atoms. The maximum atomic E-state index is 14.1. The van der Waals surface area contributed by atoms with Gasteiger partial charge < -0.3 is 9.64 Å². The van der Waals surface area contributed by atoms with E-state index < -0.39 is 34.7 Å². The molecule has 0 spiro atoms. The van der Waals surface area contributed by atoms with E-state index in [2.05, 4.69) is 14.8 Å². The maximum absolute atomic E-state index is 14.1. The Morgan fingerprint density at radius 2 is 2.02 bits per heavy atom. The van der Waals surface area contributed by atoms with Crippen LogP contribution in [0.5, 0.6) is 0 Å². The Hall–Kier alpha value is -3.31. The van der Waals surface area contributed by atoms with E-state index in [0.717, 1.165) is 12.3 Å². The number of hydrogen-bond donors (Lipinski definition) is 1. The van der Waals surface area contributed by atoms with Crippen LogP contribution in [0.4, 0.5) is 13.2 Å². The number of benzene rings is 1. The van der Waals surface area contributed by atoms with Gasteiger partial charge in [-0.1, -0.05) is 17.7 Å². The SMILES string of the molecule is CCOC(=O)C1CCN(S(=O)(=O)N[C@H]2CC3=C(c4ccn(C(F)F)n4)[C@H](c4ccc(F)cc4Cl)N=C(c4nccs4)N3C2)CC1. The molecule has 3 aliphatic heterocycles. The number of carbonyl (C=O) groups is 1. The van der Waals surface area contributed by atoms with Crippen LogP contribution in [0.15, 0.2) is 52.7 Å². The number of nitrogens with zero attached hydrogens (tertiary/aromatic N) is 6. The van der Waals surface area contributed by atoms with Gasteiger partial charge in [0.2, 0.25) is 0 Å². The molecule has 0 aliphatic carbocycles. The summed E-state index contributed by atoms with van der Waals surface area (Å²) < 4.78 is 78.0. The number of aromatic nitrogens is 3. The van der Waals surface area contributed by atoms with Crippen LogP contribution in [0.2, 0.25) is 5.02 Å². The molecule has 6 rings (SSSR count). The van der Waals surface area contributed by atoms with E-state index in [0.29, 0.717) is 45.2 Å². The van der Waals surface area contributed by atoms with E-state index in [1.807, 2.05) is 4.90 Å². The van der Waals surface area contributed by atoms with Gasteiger partial charge in [-0.05, 0) is 38.0 Å². The zero-order valence-corrected chi connectivity index (χ0v) is 26.3. The molecule has 240 valence electrons. The van der Waals surface area contributed by atoms with Gasteiger partial charge in [-0.2, -0.15) is 31.3 Å². The minimum absolute atomic E-state index is 0.0866. The summed E-state index contributed by atoms with van der Waals surface area (Å²) in [5.41, 5.74) is 1.68. The van der Waals surface area contributed by atoms with Gasteiger partial charge in [0.05, 0.1) is 18.2 Å². The largest absolute Gasteiger partial charge is 0.466 e. The summed E-state index contributed by atoms with van der Waals surface area (Å²) in [6.45, 7) is -0.408. The standard InChI is InChI=1S/C28H29ClF3N7O4S2/c1-2-43-27(40)16-5-9-37(10-6-16)45(41,42)36-18-14-22-23(21-7-11-39(35-21)28(31)32)24(19-4-3-17(30)13-20(19)29)34-25(38(22)15-18)26-33-8-12-44-26/h3-4,7-8,11-13,16,18,24,28,36H,2,5-6,9-10,14-15H2,1H3/t18-,24-/m0/s1. The van der Waals surface area contributed by atoms with Crippen molar-refractivity contribution in [1.82, 2.24) is 28.7 Å². The van der Waals surface area contributed by atoms with Crippen LogP contribution in [-0.2, 0) is 19.7 Å². The van der Waals surface area contributed by atoms with E-state index in [1.54, 1.807) is 18.5 Å². The second-order valence-corrected chi connectivity index (χ2v) is 13.7. The quantitative estimate of drug-likeness (QED) is 0.327. The van der Waals surface area contributed by atoms with E-state index in [4.69, 9.17) is 21.3 Å². The van der Waals surface area contributed by atoms with Crippen LogP contribution in [0.25, 0.3) is 5.57 Å². The normalized spacial score (nSPS) is 21.4. The van der Waals surface area contributed by atoms with Gasteiger partial charge in [0.15, 0.2) is 10.8 Å². The average molecular weight is 684 g/mol. The first-order valence-corrected chi connectivity index (χ1v) is 17.0. The number of rotatable bonds is 9. The van der Waals surface area contributed by atoms with Crippen LogP contribution in [-0.4, -0.2) is 76.5 Å². The van der Waals surface area contributed by atoms with Gasteiger partial charge in [-0.25, -0.2) is 14.1 Å². The Morgan fingerprint density at radius 3 is 2.67 bits per heavy atom. The minimum atomic E-state index is -3.96. The molecule has 2 fully saturated rings. The highest BCUT2D eigenvalue weighted by atomic mass is 35.5. The number of amidine groups is 1. The van der Waals surface area contributed by atoms with E-state index >= 15 is 0 Å². The fraction of sp³-hybridized carbons (Fsp3) is 0.429. The molecule has 0 bridgehead atoms. The molecule has 2 atom stereocenters. The first-order chi connectivity index (χ1) is 21.6. The van der Waals surface area contributed by atoms with Gasteiger partial charge >= 0.3 is 12.5 Å². The van der Waals surface area contributed by atoms with Crippen molar-refractivity contribution in [2.75, 3.05) is 26.2 Å². The number of alkyl halides is 2. The highest BCUT2D eigenvalue weighted by Gasteiger charge is 2.43. The predicted octanol–water partition coefficient (Wildman–Crippen LogP) is 4.62. The number of aliphatic imine (C=N–C) groups is 1. The molecule has 11 nitrogen and oxygen atoms in total. The van der Waals surface area contributed by atoms with E-state index in [9.17, 15) is 26.4 Å². The predicted molar refractivity (Wildman–Crippen MR) is 161 cm³/mol. The molecule has 17 heteroatoms. The molecule has 0 saturated carbocycles. The van der Waals surface area contributed by atoms with Crippen LogP contribution < -0.4 is 4.72 Å². The monoisotopic (exact) mass is 683 g/mol. The number of fused-ring (bicyclic) bond motifs is 1. The van der Waals surface area contributed by atoms with Gasteiger partial charge in [0.25, 0.3) is 10.2 Å². The average Bonchev–Trinajstić information content (AvgIpc) is 3.78. The Balaban J connectivity index is 1.36. The zero-order chi connectivity index (χ0) is 31.9. The lowest BCUT2D eigenvalue weighted by atomic mass is 9.92. The highest BCUT2D eigenvalue weighted by molar-refractivity contribution is 7.87. The molecule has 2 aromatic heterocycles. The third-order valence-electron chi connectivity index (χ3n) is 7.95. The van der Waals surface area contributed by atoms with Crippen LogP contribution in [0.3, 0.4) is 0 Å². The van der Waals surface area contributed by atoms with Crippen molar-refractivity contribution in [3.05, 3.63) is 74.8 Å². The summed E-state index contributed by atoms with van der Waals surface area (Å²) in [5, 5.41) is 6.52. The third-order valence-corrected chi connectivity index (χ3v) is 10.7. The van der Waals surface area contributed by atoms with Gasteiger partial charge in [0, 0.05) is 71.7 Å². The zero-order valence-electron chi connectivity index (χ0n) is 23.9. The molecule has 0 radical (unpaired) electrons. The molecule has 2 saturated heterocycles. The molecule has 0 amide bonds. The molecule has 0 unspecified atom stereocenters. The van der Waals surface area contributed by atoms with Crippen molar-refractivity contribution in [3.8, 4) is 0 Å². The molecule has 3 aromatic rings. The molecule has 1 N–H and O–H groups in total. The molecule has 1 aromatic carbocycles. The number of piperidine rings is 1. The lowest BCUT2D eigenvalue weighted by molar-refractivity contribution is -0.149. The van der Waals surface area contributed by atoms with Crippen molar-refractivity contribution in [2.24, 2.45) is 10.9 Å². The maximum Gasteiger partial charge on any atom is 0.333 e. The van der Waals surface area contributed by atoms with Gasteiger partial charge in [-0.15, -0.1) is 11.3 Å². The van der Waals surface area contributed by atoms with Crippen molar-refractivity contribution in [2.45, 2.75) is 44.8 Å². The second kappa shape index (κ2) is 12.8. The molecule has 5 heterocycles. The topological polar surface area (TPSA) is 122 Å². The summed E-state index contributed by atoms with van der Waals surface area (Å²) in [5.74, 6) is -0.791. The Morgan fingerprint density at radius 1 is 1.24 bits per heavy atom. The Kier molecular flexibility index (Phi) is 9.03. The first kappa shape index (κ1) is 31.7. The smallest absolute Gasteiger partial charge is 0.333 e. The summed E-state index contributed by atoms with van der Waals surface area (Å²) in [7, 11) is -3.96. The van der Waals surface area contributed by atoms with Crippen LogP contribution >= 0.6 is 22.9 Å². The number of halogens is 4. The lowest BCUT2D eigenvalue weighted by Crippen LogP contribution is -2.49. The number of hydrogen-bond acceptors (Lipinski definition) is 9. The van der Waals surface area contributed by atoms with Crippen molar-refractivity contribution in [1.29, 1.82) is 0 Å². The number of ether oxygens (including phenoxy) is 1. The lowest BCUT2D eigenvalue weighted by Gasteiger charge is -2.32. The summed E-state index contributed by atoms with van der Waals surface area (Å²) >= 11 is 7.83. The third kappa shape index (κ3) is 6.38. The minimum Gasteiger partial charge on any atom is -0.466 e. The van der Waals surface area contributed by atoms with Gasteiger partial charge in [0.1, 0.15) is 11.9 Å². The fourth-order valence-corrected chi connectivity index (χ4v) is 8.24. The highest BCUT2D eigenvalue weighted by Crippen LogP contribution is 2.46. The summed E-state index contributed by atoms with van der Waals surface area (Å²) in [6, 6.07) is 3.81. The first-order valence-electron chi connectivity index (χ1n) is 14.3. The molecular weight excluding hydrogens is 655 g/mol. The fourth-order valence-electron chi connectivity index (χ4n) is 5.91. The molecule has 3 aliphatic rings. The Bertz CT molecular complexity index is 1740. The number of thiazole rings is 1. The van der Waals surface area contributed by atoms with E-state index in [-0.39, 0.29) is 55.3 Å². The Labute approximate surface area is 266 Å². The molecular formula is C28H29ClF3N7O4S2.